The number of hydrogen-bond acceptors (Lipinski definition) is 4. The number of benzene rings is 1. The molecule has 0 aliphatic heterocycles. The molecule has 0 aliphatic carbocycles. The molecule has 1 aromatic carbocycles. The predicted molar refractivity (Wildman–Crippen MR) is 77.6 cm³/mol. The van der Waals surface area contributed by atoms with Crippen molar-refractivity contribution in [3.05, 3.63) is 47.5 Å². The summed E-state index contributed by atoms with van der Waals surface area (Å²) in [7, 11) is 1.91. The van der Waals surface area contributed by atoms with E-state index in [1.165, 1.54) is 0 Å². The molecule has 2 heterocycles. The molecule has 0 bridgehead atoms. The Kier molecular flexibility index (Phi) is 3.15. The smallest absolute Gasteiger partial charge is 0.144 e. The van der Waals surface area contributed by atoms with Crippen LogP contribution in [0.1, 0.15) is 5.56 Å². The first kappa shape index (κ1) is 12.1. The second-order valence-electron chi connectivity index (χ2n) is 4.32. The molecule has 2 aromatic heterocycles. The number of thiazole rings is 1. The van der Waals surface area contributed by atoms with Crippen molar-refractivity contribution < 1.29 is 0 Å². The van der Waals surface area contributed by atoms with Crippen LogP contribution in [0.4, 0.5) is 0 Å². The Balaban J connectivity index is 1.96. The third-order valence-electron chi connectivity index (χ3n) is 2.90. The van der Waals surface area contributed by atoms with Crippen molar-refractivity contribution in [1.29, 1.82) is 0 Å². The third-order valence-corrected chi connectivity index (χ3v) is 3.76. The Morgan fingerprint density at radius 1 is 1.26 bits per heavy atom. The SMILES string of the molecule is Cn1ccc(-c2nc(-c3cccc(CN)c3)cs2)n1. The van der Waals surface area contributed by atoms with Crippen molar-refractivity contribution >= 4 is 11.3 Å². The van der Waals surface area contributed by atoms with Crippen molar-refractivity contribution in [1.82, 2.24) is 14.8 Å². The van der Waals surface area contributed by atoms with Gasteiger partial charge in [0.05, 0.1) is 5.69 Å². The van der Waals surface area contributed by atoms with E-state index in [4.69, 9.17) is 5.73 Å². The molecule has 4 nitrogen and oxygen atoms in total. The maximum atomic E-state index is 5.67. The number of nitrogens with zero attached hydrogens (tertiary/aromatic N) is 3. The number of aryl methyl sites for hydroxylation is 1. The van der Waals surface area contributed by atoms with E-state index >= 15 is 0 Å². The largest absolute Gasteiger partial charge is 0.326 e. The van der Waals surface area contributed by atoms with Crippen molar-refractivity contribution in [2.75, 3.05) is 0 Å². The average molecular weight is 270 g/mol. The van der Waals surface area contributed by atoms with Gasteiger partial charge in [0.2, 0.25) is 0 Å². The van der Waals surface area contributed by atoms with Crippen LogP contribution in [0, 0.1) is 0 Å². The second-order valence-corrected chi connectivity index (χ2v) is 5.18. The van der Waals surface area contributed by atoms with E-state index in [0.29, 0.717) is 6.54 Å². The predicted octanol–water partition coefficient (Wildman–Crippen LogP) is 2.67. The van der Waals surface area contributed by atoms with Crippen LogP contribution in [-0.2, 0) is 13.6 Å². The van der Waals surface area contributed by atoms with E-state index in [9.17, 15) is 0 Å². The van der Waals surface area contributed by atoms with E-state index in [0.717, 1.165) is 27.5 Å². The molecule has 0 unspecified atom stereocenters. The normalized spacial score (nSPS) is 10.8. The van der Waals surface area contributed by atoms with Crippen molar-refractivity contribution in [3.63, 3.8) is 0 Å². The number of aromatic nitrogens is 3. The Morgan fingerprint density at radius 2 is 2.16 bits per heavy atom. The molecule has 2 N–H and O–H groups in total. The van der Waals surface area contributed by atoms with Gasteiger partial charge in [0.25, 0.3) is 0 Å². The minimum Gasteiger partial charge on any atom is -0.326 e. The second kappa shape index (κ2) is 4.95. The molecule has 0 atom stereocenters. The fraction of sp³-hybridized carbons (Fsp3) is 0.143. The Labute approximate surface area is 115 Å². The lowest BCUT2D eigenvalue weighted by atomic mass is 10.1. The van der Waals surface area contributed by atoms with E-state index < -0.39 is 0 Å². The number of hydrogen-bond donors (Lipinski definition) is 1. The summed E-state index contributed by atoms with van der Waals surface area (Å²) in [4.78, 5) is 4.64. The Morgan fingerprint density at radius 3 is 2.89 bits per heavy atom. The summed E-state index contributed by atoms with van der Waals surface area (Å²) in [5, 5.41) is 7.36. The van der Waals surface area contributed by atoms with Gasteiger partial charge >= 0.3 is 0 Å². The average Bonchev–Trinajstić information content (AvgIpc) is 3.07. The first-order valence-corrected chi connectivity index (χ1v) is 6.89. The minimum atomic E-state index is 0.547. The quantitative estimate of drug-likeness (QED) is 0.796. The van der Waals surface area contributed by atoms with Gasteiger partial charge in [-0.2, -0.15) is 5.10 Å². The molecule has 5 heteroatoms. The Hall–Kier alpha value is -1.98. The number of rotatable bonds is 3. The van der Waals surface area contributed by atoms with Gasteiger partial charge in [0.15, 0.2) is 0 Å². The molecular weight excluding hydrogens is 256 g/mol. The lowest BCUT2D eigenvalue weighted by molar-refractivity contribution is 0.770. The van der Waals surface area contributed by atoms with Gasteiger partial charge in [0.1, 0.15) is 10.7 Å². The van der Waals surface area contributed by atoms with E-state index in [-0.39, 0.29) is 0 Å². The van der Waals surface area contributed by atoms with Gasteiger partial charge in [-0.3, -0.25) is 4.68 Å². The summed E-state index contributed by atoms with van der Waals surface area (Å²) < 4.78 is 1.78. The lowest BCUT2D eigenvalue weighted by Gasteiger charge is -2.00. The molecule has 0 saturated carbocycles. The molecule has 0 aliphatic rings. The first-order chi connectivity index (χ1) is 9.26. The van der Waals surface area contributed by atoms with Gasteiger partial charge in [0, 0.05) is 30.7 Å². The van der Waals surface area contributed by atoms with E-state index in [1.807, 2.05) is 31.4 Å². The van der Waals surface area contributed by atoms with Gasteiger partial charge in [-0.1, -0.05) is 18.2 Å². The monoisotopic (exact) mass is 270 g/mol. The van der Waals surface area contributed by atoms with Crippen molar-refractivity contribution in [3.8, 4) is 22.0 Å². The zero-order valence-electron chi connectivity index (χ0n) is 10.6. The molecule has 3 aromatic rings. The van der Waals surface area contributed by atoms with Crippen LogP contribution in [0.25, 0.3) is 22.0 Å². The summed E-state index contributed by atoms with van der Waals surface area (Å²) in [5.74, 6) is 0. The minimum absolute atomic E-state index is 0.547. The summed E-state index contributed by atoms with van der Waals surface area (Å²) in [6.45, 7) is 0.547. The van der Waals surface area contributed by atoms with Crippen LogP contribution in [0.2, 0.25) is 0 Å². The highest BCUT2D eigenvalue weighted by atomic mass is 32.1. The highest BCUT2D eigenvalue weighted by molar-refractivity contribution is 7.13. The highest BCUT2D eigenvalue weighted by Crippen LogP contribution is 2.28. The van der Waals surface area contributed by atoms with Crippen LogP contribution in [0.3, 0.4) is 0 Å². The summed E-state index contributed by atoms with van der Waals surface area (Å²) >= 11 is 1.61. The van der Waals surface area contributed by atoms with Crippen LogP contribution < -0.4 is 5.73 Å². The zero-order chi connectivity index (χ0) is 13.2. The molecule has 0 radical (unpaired) electrons. The molecule has 19 heavy (non-hydrogen) atoms. The summed E-state index contributed by atoms with van der Waals surface area (Å²) in [6.07, 6.45) is 1.92. The van der Waals surface area contributed by atoms with Crippen LogP contribution >= 0.6 is 11.3 Å². The van der Waals surface area contributed by atoms with Crippen LogP contribution in [-0.4, -0.2) is 14.8 Å². The summed E-state index contributed by atoms with van der Waals surface area (Å²) in [5.41, 5.74) is 9.76. The number of nitrogens with two attached hydrogens (primary N) is 1. The van der Waals surface area contributed by atoms with Crippen molar-refractivity contribution in [2.24, 2.45) is 12.8 Å². The molecular formula is C14H14N4S. The highest BCUT2D eigenvalue weighted by Gasteiger charge is 2.08. The third kappa shape index (κ3) is 2.43. The maximum Gasteiger partial charge on any atom is 0.144 e. The van der Waals surface area contributed by atoms with Crippen LogP contribution in [0.5, 0.6) is 0 Å². The molecule has 0 spiro atoms. The van der Waals surface area contributed by atoms with Gasteiger partial charge < -0.3 is 5.73 Å². The molecule has 3 rings (SSSR count). The molecule has 0 fully saturated rings. The lowest BCUT2D eigenvalue weighted by Crippen LogP contribution is -1.95. The molecule has 96 valence electrons. The van der Waals surface area contributed by atoms with E-state index in [2.05, 4.69) is 27.6 Å². The van der Waals surface area contributed by atoms with E-state index in [1.54, 1.807) is 16.0 Å². The molecule has 0 saturated heterocycles. The fourth-order valence-electron chi connectivity index (χ4n) is 1.91. The fourth-order valence-corrected chi connectivity index (χ4v) is 2.70. The topological polar surface area (TPSA) is 56.7 Å². The van der Waals surface area contributed by atoms with Crippen LogP contribution in [0.15, 0.2) is 41.9 Å². The van der Waals surface area contributed by atoms with Gasteiger partial charge in [-0.15, -0.1) is 11.3 Å². The van der Waals surface area contributed by atoms with Crippen molar-refractivity contribution in [2.45, 2.75) is 6.54 Å². The zero-order valence-corrected chi connectivity index (χ0v) is 11.4. The molecule has 0 amide bonds. The summed E-state index contributed by atoms with van der Waals surface area (Å²) in [6, 6.07) is 10.1. The van der Waals surface area contributed by atoms with Gasteiger partial charge in [-0.25, -0.2) is 4.98 Å². The maximum absolute atomic E-state index is 5.67. The Bertz CT molecular complexity index is 699. The standard InChI is InChI=1S/C14H14N4S/c1-18-6-5-12(17-18)14-16-13(9-19-14)11-4-2-3-10(7-11)8-15/h2-7,9H,8,15H2,1H3. The van der Waals surface area contributed by atoms with Gasteiger partial charge in [-0.05, 0) is 17.7 Å². The first-order valence-electron chi connectivity index (χ1n) is 6.01.